The molecule has 3 heteroatoms. The lowest BCUT2D eigenvalue weighted by Crippen LogP contribution is -2.52. The van der Waals surface area contributed by atoms with E-state index in [1.807, 2.05) is 0 Å². The first-order valence-electron chi connectivity index (χ1n) is 8.96. The van der Waals surface area contributed by atoms with Crippen molar-refractivity contribution in [3.8, 4) is 0 Å². The minimum atomic E-state index is 0.510. The van der Waals surface area contributed by atoms with Gasteiger partial charge < -0.3 is 10.2 Å². The van der Waals surface area contributed by atoms with E-state index in [2.05, 4.69) is 67.1 Å². The molecule has 0 bridgehead atoms. The number of likely N-dealkylation sites (N-methyl/N-ethyl adjacent to an activating group) is 1. The van der Waals surface area contributed by atoms with E-state index in [1.165, 1.54) is 11.1 Å². The van der Waals surface area contributed by atoms with Crippen molar-refractivity contribution in [3.05, 3.63) is 35.4 Å². The van der Waals surface area contributed by atoms with Gasteiger partial charge in [-0.25, -0.2) is 0 Å². The van der Waals surface area contributed by atoms with Crippen LogP contribution in [0, 0.1) is 0 Å². The van der Waals surface area contributed by atoms with E-state index < -0.39 is 0 Å². The molecular formula is C19H33N3. The maximum Gasteiger partial charge on any atom is 0.0476 e. The highest BCUT2D eigenvalue weighted by Gasteiger charge is 2.26. The minimum Gasteiger partial charge on any atom is -0.312 e. The fraction of sp³-hybridized carbons (Fsp3) is 0.684. The molecule has 22 heavy (non-hydrogen) atoms. The lowest BCUT2D eigenvalue weighted by Gasteiger charge is -2.40. The van der Waals surface area contributed by atoms with Gasteiger partial charge in [-0.05, 0) is 37.6 Å². The van der Waals surface area contributed by atoms with Gasteiger partial charge >= 0.3 is 0 Å². The summed E-state index contributed by atoms with van der Waals surface area (Å²) in [6, 6.07) is 10.4. The Morgan fingerprint density at radius 3 is 2.41 bits per heavy atom. The summed E-state index contributed by atoms with van der Waals surface area (Å²) in [5.41, 5.74) is 2.90. The molecule has 1 aliphatic rings. The number of rotatable bonds is 7. The second kappa shape index (κ2) is 8.66. The van der Waals surface area contributed by atoms with Crippen LogP contribution in [-0.2, 0) is 6.42 Å². The average molecular weight is 303 g/mol. The third kappa shape index (κ3) is 4.55. The number of aryl methyl sites for hydroxylation is 1. The molecule has 1 fully saturated rings. The van der Waals surface area contributed by atoms with Gasteiger partial charge in [-0.3, -0.25) is 4.90 Å². The summed E-state index contributed by atoms with van der Waals surface area (Å²) in [4.78, 5) is 5.21. The van der Waals surface area contributed by atoms with Gasteiger partial charge in [0.15, 0.2) is 0 Å². The van der Waals surface area contributed by atoms with Crippen LogP contribution >= 0.6 is 0 Å². The number of hydrogen-bond donors (Lipinski definition) is 1. The summed E-state index contributed by atoms with van der Waals surface area (Å²) >= 11 is 0. The zero-order chi connectivity index (χ0) is 15.9. The predicted octanol–water partition coefficient (Wildman–Crippen LogP) is 2.93. The van der Waals surface area contributed by atoms with Crippen molar-refractivity contribution >= 4 is 0 Å². The molecule has 0 saturated carbocycles. The first-order chi connectivity index (χ1) is 10.7. The second-order valence-electron chi connectivity index (χ2n) is 6.45. The highest BCUT2D eigenvalue weighted by atomic mass is 15.3. The maximum atomic E-state index is 3.56. The molecule has 0 spiro atoms. The summed E-state index contributed by atoms with van der Waals surface area (Å²) in [6.07, 6.45) is 1.12. The molecule has 1 aromatic rings. The van der Waals surface area contributed by atoms with Gasteiger partial charge in [-0.15, -0.1) is 0 Å². The molecule has 0 radical (unpaired) electrons. The molecule has 2 rings (SSSR count). The Labute approximate surface area is 136 Å². The summed E-state index contributed by atoms with van der Waals surface area (Å²) in [5, 5.41) is 3.56. The minimum absolute atomic E-state index is 0.510. The van der Waals surface area contributed by atoms with Crippen molar-refractivity contribution in [2.45, 2.75) is 46.2 Å². The molecule has 124 valence electrons. The van der Waals surface area contributed by atoms with Crippen LogP contribution in [0.4, 0.5) is 0 Å². The molecule has 3 nitrogen and oxygen atoms in total. The third-order valence-corrected chi connectivity index (χ3v) is 4.94. The highest BCUT2D eigenvalue weighted by molar-refractivity contribution is 5.25. The molecule has 0 aliphatic carbocycles. The number of piperazine rings is 1. The molecule has 0 aromatic heterocycles. The zero-order valence-corrected chi connectivity index (χ0v) is 14.8. The predicted molar refractivity (Wildman–Crippen MR) is 95.4 cm³/mol. The van der Waals surface area contributed by atoms with Crippen LogP contribution in [0.5, 0.6) is 0 Å². The molecule has 2 unspecified atom stereocenters. The van der Waals surface area contributed by atoms with Crippen LogP contribution in [0.15, 0.2) is 24.3 Å². The SMILES string of the molecule is CCc1ccc(C(CN(CC)CC)N2CCNC(C)C2)cc1. The maximum absolute atomic E-state index is 3.56. The van der Waals surface area contributed by atoms with Gasteiger partial charge in [0.2, 0.25) is 0 Å². The van der Waals surface area contributed by atoms with Crippen LogP contribution in [0.2, 0.25) is 0 Å². The van der Waals surface area contributed by atoms with E-state index in [4.69, 9.17) is 0 Å². The first kappa shape index (κ1) is 17.5. The first-order valence-corrected chi connectivity index (χ1v) is 8.96. The summed E-state index contributed by atoms with van der Waals surface area (Å²) in [7, 11) is 0. The molecule has 0 amide bonds. The van der Waals surface area contributed by atoms with Gasteiger partial charge in [0.25, 0.3) is 0 Å². The number of nitrogens with zero attached hydrogens (tertiary/aromatic N) is 2. The summed E-state index contributed by atoms with van der Waals surface area (Å²) in [6.45, 7) is 15.8. The Kier molecular flexibility index (Phi) is 6.87. The number of hydrogen-bond acceptors (Lipinski definition) is 3. The van der Waals surface area contributed by atoms with Crippen molar-refractivity contribution in [3.63, 3.8) is 0 Å². The Morgan fingerprint density at radius 1 is 1.18 bits per heavy atom. The number of benzene rings is 1. The lowest BCUT2D eigenvalue weighted by atomic mass is 10.0. The average Bonchev–Trinajstić information content (AvgIpc) is 2.56. The van der Waals surface area contributed by atoms with Crippen molar-refractivity contribution in [1.29, 1.82) is 0 Å². The number of nitrogens with one attached hydrogen (secondary N) is 1. The van der Waals surface area contributed by atoms with E-state index in [-0.39, 0.29) is 0 Å². The molecule has 1 aromatic carbocycles. The van der Waals surface area contributed by atoms with Crippen LogP contribution < -0.4 is 5.32 Å². The standard InChI is InChI=1S/C19H33N3/c1-5-17-8-10-18(11-9-17)19(15-21(6-2)7-3)22-13-12-20-16(4)14-22/h8-11,16,19-20H,5-7,12-15H2,1-4H3. The molecule has 1 N–H and O–H groups in total. The molecule has 2 atom stereocenters. The van der Waals surface area contributed by atoms with E-state index >= 15 is 0 Å². The fourth-order valence-electron chi connectivity index (χ4n) is 3.38. The van der Waals surface area contributed by atoms with Crippen LogP contribution in [0.3, 0.4) is 0 Å². The Hall–Kier alpha value is -0.900. The van der Waals surface area contributed by atoms with Crippen molar-refractivity contribution in [2.75, 3.05) is 39.3 Å². The summed E-state index contributed by atoms with van der Waals surface area (Å²) < 4.78 is 0. The van der Waals surface area contributed by atoms with Gasteiger partial charge in [0.05, 0.1) is 0 Å². The summed E-state index contributed by atoms with van der Waals surface area (Å²) in [5.74, 6) is 0. The van der Waals surface area contributed by atoms with Gasteiger partial charge in [0, 0.05) is 38.3 Å². The van der Waals surface area contributed by atoms with Crippen molar-refractivity contribution < 1.29 is 0 Å². The smallest absolute Gasteiger partial charge is 0.0476 e. The second-order valence-corrected chi connectivity index (χ2v) is 6.45. The van der Waals surface area contributed by atoms with Crippen LogP contribution in [0.1, 0.15) is 44.9 Å². The Morgan fingerprint density at radius 2 is 1.86 bits per heavy atom. The molecule has 1 heterocycles. The topological polar surface area (TPSA) is 18.5 Å². The van der Waals surface area contributed by atoms with Crippen LogP contribution in [-0.4, -0.2) is 55.1 Å². The van der Waals surface area contributed by atoms with E-state index in [0.717, 1.165) is 45.7 Å². The van der Waals surface area contributed by atoms with E-state index in [9.17, 15) is 0 Å². The Balaban J connectivity index is 2.18. The fourth-order valence-corrected chi connectivity index (χ4v) is 3.38. The molecular weight excluding hydrogens is 270 g/mol. The zero-order valence-electron chi connectivity index (χ0n) is 14.8. The van der Waals surface area contributed by atoms with Gasteiger partial charge in [0.1, 0.15) is 0 Å². The van der Waals surface area contributed by atoms with Gasteiger partial charge in [-0.1, -0.05) is 45.0 Å². The molecule has 1 aliphatic heterocycles. The van der Waals surface area contributed by atoms with Crippen LogP contribution in [0.25, 0.3) is 0 Å². The molecule has 1 saturated heterocycles. The van der Waals surface area contributed by atoms with Gasteiger partial charge in [-0.2, -0.15) is 0 Å². The normalized spacial score (nSPS) is 21.2. The van der Waals surface area contributed by atoms with E-state index in [0.29, 0.717) is 12.1 Å². The van der Waals surface area contributed by atoms with Crippen molar-refractivity contribution in [1.82, 2.24) is 15.1 Å². The highest BCUT2D eigenvalue weighted by Crippen LogP contribution is 2.24. The monoisotopic (exact) mass is 303 g/mol. The quantitative estimate of drug-likeness (QED) is 0.835. The Bertz CT molecular complexity index is 425. The third-order valence-electron chi connectivity index (χ3n) is 4.94. The van der Waals surface area contributed by atoms with E-state index in [1.54, 1.807) is 0 Å². The lowest BCUT2D eigenvalue weighted by molar-refractivity contribution is 0.113. The largest absolute Gasteiger partial charge is 0.312 e. The van der Waals surface area contributed by atoms with Crippen molar-refractivity contribution in [2.24, 2.45) is 0 Å².